The number of fused-ring (bicyclic) bond motifs is 1. The van der Waals surface area contributed by atoms with Crippen molar-refractivity contribution >= 4 is 34.4 Å². The molecule has 2 N–H and O–H groups in total. The second-order valence-electron chi connectivity index (χ2n) is 6.87. The molecule has 1 saturated heterocycles. The highest BCUT2D eigenvalue weighted by Gasteiger charge is 2.25. The van der Waals surface area contributed by atoms with Crippen LogP contribution in [-0.4, -0.2) is 56.1 Å². The summed E-state index contributed by atoms with van der Waals surface area (Å²) in [5, 5.41) is 14.1. The van der Waals surface area contributed by atoms with Gasteiger partial charge in [0.15, 0.2) is 5.16 Å². The molecule has 0 saturated carbocycles. The summed E-state index contributed by atoms with van der Waals surface area (Å²) in [7, 11) is 0. The summed E-state index contributed by atoms with van der Waals surface area (Å²) in [6, 6.07) is 5.91. The average molecular weight is 408 g/mol. The summed E-state index contributed by atoms with van der Waals surface area (Å²) in [5.74, 6) is -0.110. The molecule has 1 aliphatic heterocycles. The van der Waals surface area contributed by atoms with E-state index in [9.17, 15) is 4.79 Å². The molecule has 0 radical (unpaired) electrons. The molecule has 1 amide bonds. The van der Waals surface area contributed by atoms with Crippen LogP contribution >= 0.6 is 11.8 Å². The molecule has 1 aliphatic rings. The van der Waals surface area contributed by atoms with Gasteiger partial charge >= 0.3 is 0 Å². The first-order valence-electron chi connectivity index (χ1n) is 9.44. The van der Waals surface area contributed by atoms with Crippen molar-refractivity contribution in [3.05, 3.63) is 30.7 Å². The molecule has 0 spiro atoms. The van der Waals surface area contributed by atoms with Gasteiger partial charge in [-0.1, -0.05) is 11.8 Å². The number of thioether (sulfide) groups is 1. The Bertz CT molecular complexity index is 1070. The topological polar surface area (TPSA) is 111 Å². The first-order chi connectivity index (χ1) is 14.2. The lowest BCUT2D eigenvalue weighted by Gasteiger charge is -2.34. The first-order valence-corrected chi connectivity index (χ1v) is 10.7. The van der Waals surface area contributed by atoms with Crippen molar-refractivity contribution in [3.8, 4) is 17.3 Å². The lowest BCUT2D eigenvalue weighted by Crippen LogP contribution is -2.45. The van der Waals surface area contributed by atoms with Gasteiger partial charge in [-0.2, -0.15) is 5.26 Å². The van der Waals surface area contributed by atoms with E-state index in [1.807, 2.05) is 36.9 Å². The van der Waals surface area contributed by atoms with Crippen molar-refractivity contribution in [2.24, 2.45) is 0 Å². The minimum absolute atomic E-state index is 0.0757. The fraction of sp³-hybridized carbons (Fsp3) is 0.350. The molecule has 4 heterocycles. The van der Waals surface area contributed by atoms with Crippen LogP contribution in [0.2, 0.25) is 0 Å². The van der Waals surface area contributed by atoms with Crippen LogP contribution in [0.15, 0.2) is 35.9 Å². The van der Waals surface area contributed by atoms with Crippen LogP contribution < -0.4 is 5.32 Å². The van der Waals surface area contributed by atoms with Crippen molar-refractivity contribution in [1.82, 2.24) is 24.8 Å². The molecule has 0 aliphatic carbocycles. The Morgan fingerprint density at radius 2 is 2.34 bits per heavy atom. The lowest BCUT2D eigenvalue weighted by molar-refractivity contribution is -0.131. The highest BCUT2D eigenvalue weighted by atomic mass is 32.2. The molecule has 4 rings (SSSR count). The summed E-state index contributed by atoms with van der Waals surface area (Å²) < 4.78 is 0. The molecule has 9 heteroatoms. The van der Waals surface area contributed by atoms with Crippen LogP contribution in [0.3, 0.4) is 0 Å². The number of rotatable bonds is 5. The van der Waals surface area contributed by atoms with E-state index in [0.29, 0.717) is 18.2 Å². The molecule has 8 nitrogen and oxygen atoms in total. The maximum atomic E-state index is 12.2. The van der Waals surface area contributed by atoms with Gasteiger partial charge in [0.1, 0.15) is 12.1 Å². The van der Waals surface area contributed by atoms with Gasteiger partial charge in [-0.3, -0.25) is 4.79 Å². The number of piperidine rings is 1. The van der Waals surface area contributed by atoms with Gasteiger partial charge in [-0.05, 0) is 31.2 Å². The highest BCUT2D eigenvalue weighted by Crippen LogP contribution is 2.34. The van der Waals surface area contributed by atoms with E-state index in [4.69, 9.17) is 5.26 Å². The van der Waals surface area contributed by atoms with E-state index in [0.717, 1.165) is 40.8 Å². The Morgan fingerprint density at radius 3 is 3.17 bits per heavy atom. The quantitative estimate of drug-likeness (QED) is 0.494. The van der Waals surface area contributed by atoms with Gasteiger partial charge in [0.25, 0.3) is 0 Å². The van der Waals surface area contributed by atoms with E-state index in [1.54, 1.807) is 11.1 Å². The summed E-state index contributed by atoms with van der Waals surface area (Å²) in [5.41, 5.74) is 3.44. The standard InChI is InChI=1S/C20H21N7OS/c1-29-20-23-9-6-16(26-20)15-11-24-19-14(5-8-22-19)18(15)25-13-3-2-10-27(12-13)17(28)4-7-21/h5-6,8-9,11,13H,2-4,10,12H2,1H3,(H2,22,24,25)/t13-/m1/s1. The van der Waals surface area contributed by atoms with E-state index in [2.05, 4.69) is 25.3 Å². The second kappa shape index (κ2) is 8.49. The second-order valence-corrected chi connectivity index (χ2v) is 7.65. The number of nitrogens with one attached hydrogen (secondary N) is 2. The number of aromatic nitrogens is 4. The predicted octanol–water partition coefficient (Wildman–Crippen LogP) is 3.06. The number of anilines is 1. The van der Waals surface area contributed by atoms with Gasteiger partial charge < -0.3 is 15.2 Å². The zero-order chi connectivity index (χ0) is 20.2. The molecule has 29 heavy (non-hydrogen) atoms. The fourth-order valence-corrected chi connectivity index (χ4v) is 4.01. The third kappa shape index (κ3) is 4.03. The van der Waals surface area contributed by atoms with Crippen LogP contribution in [0.4, 0.5) is 5.69 Å². The Balaban J connectivity index is 1.68. The summed E-state index contributed by atoms with van der Waals surface area (Å²) >= 11 is 1.49. The molecule has 3 aromatic heterocycles. The number of amides is 1. The molecule has 3 aromatic rings. The number of hydrogen-bond donors (Lipinski definition) is 2. The zero-order valence-electron chi connectivity index (χ0n) is 16.1. The first kappa shape index (κ1) is 19.2. The normalized spacial score (nSPS) is 16.6. The van der Waals surface area contributed by atoms with Crippen molar-refractivity contribution in [2.75, 3.05) is 24.7 Å². The largest absolute Gasteiger partial charge is 0.379 e. The molecular formula is C20H21N7OS. The van der Waals surface area contributed by atoms with Crippen LogP contribution in [0.1, 0.15) is 19.3 Å². The molecular weight excluding hydrogens is 386 g/mol. The molecule has 0 unspecified atom stereocenters. The van der Waals surface area contributed by atoms with Gasteiger partial charge in [0.2, 0.25) is 5.91 Å². The number of likely N-dealkylation sites (tertiary alicyclic amines) is 1. The van der Waals surface area contributed by atoms with Crippen molar-refractivity contribution < 1.29 is 4.79 Å². The maximum Gasteiger partial charge on any atom is 0.236 e. The van der Waals surface area contributed by atoms with E-state index in [1.165, 1.54) is 11.8 Å². The number of nitrogens with zero attached hydrogens (tertiary/aromatic N) is 5. The number of pyridine rings is 1. The third-order valence-corrected chi connectivity index (χ3v) is 5.59. The average Bonchev–Trinajstić information content (AvgIpc) is 3.24. The molecule has 148 valence electrons. The monoisotopic (exact) mass is 407 g/mol. The Hall–Kier alpha value is -3.12. The van der Waals surface area contributed by atoms with Crippen LogP contribution in [0.25, 0.3) is 22.3 Å². The van der Waals surface area contributed by atoms with Crippen molar-refractivity contribution in [1.29, 1.82) is 5.26 Å². The fourth-order valence-electron chi connectivity index (χ4n) is 3.65. The van der Waals surface area contributed by atoms with Crippen LogP contribution in [0.5, 0.6) is 0 Å². The number of H-pyrrole nitrogens is 1. The number of carbonyl (C=O) groups is 1. The van der Waals surface area contributed by atoms with E-state index in [-0.39, 0.29) is 18.4 Å². The molecule has 1 fully saturated rings. The molecule has 0 aromatic carbocycles. The number of hydrogen-bond acceptors (Lipinski definition) is 7. The number of nitriles is 1. The van der Waals surface area contributed by atoms with Crippen molar-refractivity contribution in [3.63, 3.8) is 0 Å². The van der Waals surface area contributed by atoms with Gasteiger partial charge in [-0.25, -0.2) is 15.0 Å². The maximum absolute atomic E-state index is 12.2. The van der Waals surface area contributed by atoms with Gasteiger partial charge in [0, 0.05) is 48.7 Å². The number of aromatic amines is 1. The lowest BCUT2D eigenvalue weighted by atomic mass is 10.0. The Kier molecular flexibility index (Phi) is 5.62. The Labute approximate surface area is 172 Å². The third-order valence-electron chi connectivity index (χ3n) is 5.03. The summed E-state index contributed by atoms with van der Waals surface area (Å²) in [6.07, 6.45) is 9.15. The van der Waals surface area contributed by atoms with Crippen molar-refractivity contribution in [2.45, 2.75) is 30.5 Å². The zero-order valence-corrected chi connectivity index (χ0v) is 16.9. The summed E-state index contributed by atoms with van der Waals surface area (Å²) in [4.78, 5) is 30.5. The van der Waals surface area contributed by atoms with Gasteiger partial charge in [0.05, 0.1) is 17.5 Å². The minimum Gasteiger partial charge on any atom is -0.379 e. The van der Waals surface area contributed by atoms with Crippen LogP contribution in [-0.2, 0) is 4.79 Å². The smallest absolute Gasteiger partial charge is 0.236 e. The molecule has 0 bridgehead atoms. The number of carbonyl (C=O) groups excluding carboxylic acids is 1. The Morgan fingerprint density at radius 1 is 1.45 bits per heavy atom. The highest BCUT2D eigenvalue weighted by molar-refractivity contribution is 7.98. The van der Waals surface area contributed by atoms with E-state index >= 15 is 0 Å². The van der Waals surface area contributed by atoms with Gasteiger partial charge in [-0.15, -0.1) is 0 Å². The summed E-state index contributed by atoms with van der Waals surface area (Å²) in [6.45, 7) is 1.28. The predicted molar refractivity (Wildman–Crippen MR) is 112 cm³/mol. The molecule has 1 atom stereocenters. The minimum atomic E-state index is -0.110. The van der Waals surface area contributed by atoms with Crippen LogP contribution in [0, 0.1) is 11.3 Å². The van der Waals surface area contributed by atoms with E-state index < -0.39 is 0 Å². The SMILES string of the molecule is CSc1nccc(-c2cnc3[nH]ccc3c2N[C@@H]2CCCN(C(=O)CC#N)C2)n1.